The Bertz CT molecular complexity index is 419. The first-order chi connectivity index (χ1) is 8.26. The van der Waals surface area contributed by atoms with Gasteiger partial charge in [-0.05, 0) is 19.4 Å². The zero-order valence-electron chi connectivity index (χ0n) is 10.6. The topological polar surface area (TPSA) is 0 Å². The van der Waals surface area contributed by atoms with Crippen LogP contribution in [0.5, 0.6) is 0 Å². The van der Waals surface area contributed by atoms with Gasteiger partial charge in [-0.2, -0.15) is 0 Å². The number of hydrogen-bond acceptors (Lipinski definition) is 0. The highest BCUT2D eigenvalue weighted by atomic mass is 14.0. The molecule has 1 atom stereocenters. The third-order valence-electron chi connectivity index (χ3n) is 2.50. The van der Waals surface area contributed by atoms with Gasteiger partial charge in [0, 0.05) is 5.92 Å². The Morgan fingerprint density at radius 2 is 1.88 bits per heavy atom. The third kappa shape index (κ3) is 5.17. The minimum absolute atomic E-state index is 0.332. The molecule has 0 aliphatic carbocycles. The first-order valence-corrected chi connectivity index (χ1v) is 5.93. The van der Waals surface area contributed by atoms with Crippen molar-refractivity contribution in [2.75, 3.05) is 0 Å². The summed E-state index contributed by atoms with van der Waals surface area (Å²) < 4.78 is 0. The Hall–Kier alpha value is -1.82. The molecule has 0 spiro atoms. The summed E-state index contributed by atoms with van der Waals surface area (Å²) in [6.45, 7) is 7.89. The molecule has 0 aromatic heterocycles. The molecule has 0 radical (unpaired) electrons. The van der Waals surface area contributed by atoms with Gasteiger partial charge in [0.05, 0.1) is 0 Å². The minimum atomic E-state index is 0.332. The molecule has 1 aromatic carbocycles. The second kappa shape index (κ2) is 7.45. The fourth-order valence-electron chi connectivity index (χ4n) is 1.56. The smallest absolute Gasteiger partial charge is 0.0136 e. The first-order valence-electron chi connectivity index (χ1n) is 5.93. The minimum Gasteiger partial charge on any atom is -0.0988 e. The molecule has 0 saturated carbocycles. The Morgan fingerprint density at radius 3 is 2.47 bits per heavy atom. The highest BCUT2D eigenvalue weighted by Gasteiger charge is 1.95. The van der Waals surface area contributed by atoms with Crippen LogP contribution in [0.15, 0.2) is 72.9 Å². The van der Waals surface area contributed by atoms with Crippen molar-refractivity contribution in [1.82, 2.24) is 0 Å². The van der Waals surface area contributed by atoms with Gasteiger partial charge in [-0.3, -0.25) is 0 Å². The predicted molar refractivity (Wildman–Crippen MR) is 77.7 cm³/mol. The molecule has 1 unspecified atom stereocenters. The maximum absolute atomic E-state index is 3.78. The summed E-state index contributed by atoms with van der Waals surface area (Å²) in [5.74, 6) is 0.332. The first kappa shape index (κ1) is 13.2. The Balaban J connectivity index is 2.80. The van der Waals surface area contributed by atoms with E-state index in [9.17, 15) is 0 Å². The summed E-state index contributed by atoms with van der Waals surface area (Å²) in [5.41, 5.74) is 2.43. The molecule has 0 aliphatic heterocycles. The van der Waals surface area contributed by atoms with Crippen LogP contribution in [0.4, 0.5) is 0 Å². The van der Waals surface area contributed by atoms with Crippen LogP contribution in [0.1, 0.15) is 19.4 Å². The summed E-state index contributed by atoms with van der Waals surface area (Å²) in [7, 11) is 0. The second-order valence-electron chi connectivity index (χ2n) is 3.99. The van der Waals surface area contributed by atoms with E-state index in [0.717, 1.165) is 0 Å². The van der Waals surface area contributed by atoms with E-state index in [0.29, 0.717) is 5.92 Å². The van der Waals surface area contributed by atoms with Crippen LogP contribution in [0, 0.1) is 5.92 Å². The molecule has 1 rings (SSSR count). The summed E-state index contributed by atoms with van der Waals surface area (Å²) in [6.07, 6.45) is 12.7. The van der Waals surface area contributed by atoms with Crippen LogP contribution >= 0.6 is 0 Å². The monoisotopic (exact) mass is 224 g/mol. The lowest BCUT2D eigenvalue weighted by atomic mass is 10.0. The molecule has 0 N–H and O–H groups in total. The van der Waals surface area contributed by atoms with Crippen molar-refractivity contribution in [3.8, 4) is 0 Å². The highest BCUT2D eigenvalue weighted by Crippen LogP contribution is 2.11. The molecule has 1 aromatic rings. The van der Waals surface area contributed by atoms with E-state index in [-0.39, 0.29) is 0 Å². The highest BCUT2D eigenvalue weighted by molar-refractivity contribution is 5.50. The van der Waals surface area contributed by atoms with Gasteiger partial charge in [0.1, 0.15) is 0 Å². The predicted octanol–water partition coefficient (Wildman–Crippen LogP) is 5.02. The molecule has 0 saturated heterocycles. The molecule has 88 valence electrons. The third-order valence-corrected chi connectivity index (χ3v) is 2.50. The Kier molecular flexibility index (Phi) is 5.81. The fourth-order valence-corrected chi connectivity index (χ4v) is 1.56. The van der Waals surface area contributed by atoms with Gasteiger partial charge in [-0.1, -0.05) is 78.9 Å². The number of hydrogen-bond donors (Lipinski definition) is 0. The molecule has 0 aliphatic rings. The van der Waals surface area contributed by atoms with Crippen LogP contribution in [0.2, 0.25) is 0 Å². The van der Waals surface area contributed by atoms with Gasteiger partial charge < -0.3 is 0 Å². The van der Waals surface area contributed by atoms with E-state index in [1.807, 2.05) is 19.1 Å². The van der Waals surface area contributed by atoms with Crippen molar-refractivity contribution < 1.29 is 0 Å². The quantitative estimate of drug-likeness (QED) is 0.486. The maximum Gasteiger partial charge on any atom is 0.0136 e. The lowest BCUT2D eigenvalue weighted by Gasteiger charge is -2.02. The van der Waals surface area contributed by atoms with Gasteiger partial charge >= 0.3 is 0 Å². The van der Waals surface area contributed by atoms with Crippen molar-refractivity contribution in [3.63, 3.8) is 0 Å². The van der Waals surface area contributed by atoms with E-state index in [1.165, 1.54) is 11.1 Å². The lowest BCUT2D eigenvalue weighted by Crippen LogP contribution is -1.87. The second-order valence-corrected chi connectivity index (χ2v) is 3.99. The van der Waals surface area contributed by atoms with Gasteiger partial charge in [0.2, 0.25) is 0 Å². The summed E-state index contributed by atoms with van der Waals surface area (Å²) in [5, 5.41) is 0. The van der Waals surface area contributed by atoms with Crippen molar-refractivity contribution in [1.29, 1.82) is 0 Å². The van der Waals surface area contributed by atoms with Crippen molar-refractivity contribution in [2.24, 2.45) is 5.92 Å². The summed E-state index contributed by atoms with van der Waals surface area (Å²) >= 11 is 0. The van der Waals surface area contributed by atoms with Crippen LogP contribution in [-0.2, 0) is 0 Å². The maximum atomic E-state index is 3.78. The average Bonchev–Trinajstić information content (AvgIpc) is 2.37. The van der Waals surface area contributed by atoms with Crippen LogP contribution in [-0.4, -0.2) is 0 Å². The van der Waals surface area contributed by atoms with Crippen molar-refractivity contribution >= 4 is 6.08 Å². The molecule has 17 heavy (non-hydrogen) atoms. The molecule has 0 heteroatoms. The standard InChI is InChI=1S/C17H20/c1-4-9-17(14-15(3)5-2)13-12-16-10-7-6-8-11-16/h4-14,17H,2H2,1,3H3. The van der Waals surface area contributed by atoms with Gasteiger partial charge in [-0.15, -0.1) is 0 Å². The fraction of sp³-hybridized carbons (Fsp3) is 0.176. The van der Waals surface area contributed by atoms with Crippen LogP contribution in [0.25, 0.3) is 6.08 Å². The number of benzene rings is 1. The van der Waals surface area contributed by atoms with Gasteiger partial charge in [0.25, 0.3) is 0 Å². The van der Waals surface area contributed by atoms with E-state index in [4.69, 9.17) is 0 Å². The van der Waals surface area contributed by atoms with Crippen molar-refractivity contribution in [3.05, 3.63) is 78.4 Å². The Labute approximate surface area is 105 Å². The van der Waals surface area contributed by atoms with Crippen LogP contribution < -0.4 is 0 Å². The summed E-state index contributed by atoms with van der Waals surface area (Å²) in [4.78, 5) is 0. The van der Waals surface area contributed by atoms with Gasteiger partial charge in [-0.25, -0.2) is 0 Å². The average molecular weight is 224 g/mol. The number of allylic oxidation sites excluding steroid dienone is 6. The van der Waals surface area contributed by atoms with Crippen LogP contribution in [0.3, 0.4) is 0 Å². The SMILES string of the molecule is C=CC(C)=CC(C=CC)C=Cc1ccccc1. The van der Waals surface area contributed by atoms with E-state index in [1.54, 1.807) is 0 Å². The molecular formula is C17H20. The molecule has 0 bridgehead atoms. The van der Waals surface area contributed by atoms with E-state index < -0.39 is 0 Å². The zero-order chi connectivity index (χ0) is 12.5. The molecule has 0 fully saturated rings. The molecule has 0 nitrogen and oxygen atoms in total. The normalized spacial score (nSPS) is 14.4. The Morgan fingerprint density at radius 1 is 1.18 bits per heavy atom. The zero-order valence-corrected chi connectivity index (χ0v) is 10.6. The summed E-state index contributed by atoms with van der Waals surface area (Å²) in [6, 6.07) is 10.3. The van der Waals surface area contributed by atoms with E-state index in [2.05, 4.69) is 68.1 Å². The number of rotatable bonds is 5. The molecule has 0 heterocycles. The van der Waals surface area contributed by atoms with E-state index >= 15 is 0 Å². The molecule has 0 amide bonds. The largest absolute Gasteiger partial charge is 0.0988 e. The lowest BCUT2D eigenvalue weighted by molar-refractivity contribution is 1.05. The molecular weight excluding hydrogens is 204 g/mol. The van der Waals surface area contributed by atoms with Crippen molar-refractivity contribution in [2.45, 2.75) is 13.8 Å². The van der Waals surface area contributed by atoms with Gasteiger partial charge in [0.15, 0.2) is 0 Å².